The number of fused-ring (bicyclic) bond motifs is 2. The molecule has 0 saturated carbocycles. The summed E-state index contributed by atoms with van der Waals surface area (Å²) in [7, 11) is 0. The Bertz CT molecular complexity index is 248. The Hall–Kier alpha value is -0.410. The Morgan fingerprint density at radius 1 is 1.29 bits per heavy atom. The maximum absolute atomic E-state index is 12.1. The van der Waals surface area contributed by atoms with Crippen molar-refractivity contribution in [2.24, 2.45) is 11.8 Å². The first-order valence-electron chi connectivity index (χ1n) is 5.72. The van der Waals surface area contributed by atoms with Crippen LogP contribution in [0.3, 0.4) is 0 Å². The van der Waals surface area contributed by atoms with E-state index in [1.54, 1.807) is 0 Å². The average molecular weight is 195 g/mol. The molecule has 14 heavy (non-hydrogen) atoms. The summed E-state index contributed by atoms with van der Waals surface area (Å²) in [5, 5.41) is 3.52. The molecular weight excluding hydrogens is 178 g/mol. The summed E-state index contributed by atoms with van der Waals surface area (Å²) in [6.45, 7) is 1.46. The maximum atomic E-state index is 12.1. The maximum Gasteiger partial charge on any atom is 0.143 e. The molecule has 0 radical (unpaired) electrons. The van der Waals surface area contributed by atoms with Crippen LogP contribution in [0.5, 0.6) is 0 Å². The lowest BCUT2D eigenvalue weighted by Crippen LogP contribution is -2.33. The van der Waals surface area contributed by atoms with Crippen LogP contribution in [0.2, 0.25) is 0 Å². The highest BCUT2D eigenvalue weighted by Gasteiger charge is 2.44. The van der Waals surface area contributed by atoms with E-state index in [9.17, 15) is 4.79 Å². The standard InChI is InChI=1S/C11H17NO2/c13-11(7-3-4-14-6-7)9-5-8-1-2-10(9)12-8/h7-10,12H,1-6H2. The van der Waals surface area contributed by atoms with Crippen LogP contribution in [0, 0.1) is 11.8 Å². The molecule has 1 N–H and O–H groups in total. The molecule has 4 atom stereocenters. The molecule has 3 rings (SSSR count). The van der Waals surface area contributed by atoms with Gasteiger partial charge in [-0.3, -0.25) is 4.79 Å². The second-order valence-electron chi connectivity index (χ2n) is 4.85. The summed E-state index contributed by atoms with van der Waals surface area (Å²) in [5.74, 6) is 0.990. The van der Waals surface area contributed by atoms with Gasteiger partial charge in [-0.2, -0.15) is 0 Å². The molecule has 0 aliphatic carbocycles. The summed E-state index contributed by atoms with van der Waals surface area (Å²) < 4.78 is 5.28. The summed E-state index contributed by atoms with van der Waals surface area (Å²) in [4.78, 5) is 12.1. The van der Waals surface area contributed by atoms with Gasteiger partial charge < -0.3 is 10.1 Å². The quantitative estimate of drug-likeness (QED) is 0.706. The fraction of sp³-hybridized carbons (Fsp3) is 0.909. The number of ketones is 1. The zero-order valence-electron chi connectivity index (χ0n) is 8.37. The zero-order valence-corrected chi connectivity index (χ0v) is 8.37. The van der Waals surface area contributed by atoms with Crippen molar-refractivity contribution >= 4 is 5.78 Å². The van der Waals surface area contributed by atoms with E-state index in [0.29, 0.717) is 30.4 Å². The van der Waals surface area contributed by atoms with Gasteiger partial charge >= 0.3 is 0 Å². The zero-order chi connectivity index (χ0) is 9.54. The second-order valence-corrected chi connectivity index (χ2v) is 4.85. The van der Waals surface area contributed by atoms with E-state index in [2.05, 4.69) is 5.32 Å². The Labute approximate surface area is 84.2 Å². The molecule has 3 aliphatic heterocycles. The normalized spacial score (nSPS) is 46.0. The van der Waals surface area contributed by atoms with Gasteiger partial charge in [-0.15, -0.1) is 0 Å². The highest BCUT2D eigenvalue weighted by Crippen LogP contribution is 2.36. The van der Waals surface area contributed by atoms with E-state index >= 15 is 0 Å². The van der Waals surface area contributed by atoms with Crippen LogP contribution in [0.1, 0.15) is 25.7 Å². The van der Waals surface area contributed by atoms with Crippen LogP contribution >= 0.6 is 0 Å². The molecule has 0 spiro atoms. The molecule has 78 valence electrons. The number of rotatable bonds is 2. The number of hydrogen-bond acceptors (Lipinski definition) is 3. The number of carbonyl (C=O) groups excluding carboxylic acids is 1. The second kappa shape index (κ2) is 3.31. The van der Waals surface area contributed by atoms with Crippen LogP contribution in [0.4, 0.5) is 0 Å². The van der Waals surface area contributed by atoms with Gasteiger partial charge in [-0.25, -0.2) is 0 Å². The monoisotopic (exact) mass is 195 g/mol. The molecule has 3 nitrogen and oxygen atoms in total. The van der Waals surface area contributed by atoms with Gasteiger partial charge in [0.25, 0.3) is 0 Å². The van der Waals surface area contributed by atoms with Crippen LogP contribution in [-0.2, 0) is 9.53 Å². The van der Waals surface area contributed by atoms with Crippen molar-refractivity contribution in [2.45, 2.75) is 37.8 Å². The first kappa shape index (κ1) is 8.86. The third-order valence-corrected chi connectivity index (χ3v) is 4.00. The molecule has 3 heteroatoms. The van der Waals surface area contributed by atoms with Crippen LogP contribution in [0.25, 0.3) is 0 Å². The van der Waals surface area contributed by atoms with E-state index in [1.807, 2.05) is 0 Å². The van der Waals surface area contributed by atoms with Crippen LogP contribution in [0.15, 0.2) is 0 Å². The lowest BCUT2D eigenvalue weighted by molar-refractivity contribution is -0.127. The predicted octanol–water partition coefficient (Wildman–Crippen LogP) is 0.732. The smallest absolute Gasteiger partial charge is 0.143 e. The highest BCUT2D eigenvalue weighted by molar-refractivity contribution is 5.85. The number of Topliss-reactive ketones (excluding diaryl/α,β-unsaturated/α-hetero) is 1. The Morgan fingerprint density at radius 3 is 2.79 bits per heavy atom. The van der Waals surface area contributed by atoms with Crippen LogP contribution in [-0.4, -0.2) is 31.1 Å². The minimum absolute atomic E-state index is 0.209. The molecule has 2 bridgehead atoms. The molecule has 0 amide bonds. The molecule has 3 aliphatic rings. The average Bonchev–Trinajstić information content (AvgIpc) is 2.93. The molecule has 3 heterocycles. The van der Waals surface area contributed by atoms with E-state index in [4.69, 9.17) is 4.74 Å². The fourth-order valence-corrected chi connectivity index (χ4v) is 3.20. The van der Waals surface area contributed by atoms with Crippen molar-refractivity contribution in [2.75, 3.05) is 13.2 Å². The Kier molecular flexibility index (Phi) is 2.10. The minimum Gasteiger partial charge on any atom is -0.381 e. The summed E-state index contributed by atoms with van der Waals surface area (Å²) in [6, 6.07) is 1.13. The van der Waals surface area contributed by atoms with Crippen molar-refractivity contribution in [1.29, 1.82) is 0 Å². The van der Waals surface area contributed by atoms with Gasteiger partial charge in [-0.05, 0) is 25.7 Å². The molecule has 0 aromatic heterocycles. The lowest BCUT2D eigenvalue weighted by Gasteiger charge is -2.21. The largest absolute Gasteiger partial charge is 0.381 e. The van der Waals surface area contributed by atoms with Gasteiger partial charge in [-0.1, -0.05) is 0 Å². The SMILES string of the molecule is O=C(C1CCOC1)C1CC2CCC1N2. The first-order chi connectivity index (χ1) is 6.84. The van der Waals surface area contributed by atoms with Crippen molar-refractivity contribution in [3.63, 3.8) is 0 Å². The van der Waals surface area contributed by atoms with Gasteiger partial charge in [0.05, 0.1) is 6.61 Å². The Morgan fingerprint density at radius 2 is 2.21 bits per heavy atom. The predicted molar refractivity (Wildman–Crippen MR) is 52.0 cm³/mol. The van der Waals surface area contributed by atoms with Crippen molar-refractivity contribution in [3.05, 3.63) is 0 Å². The molecule has 0 aromatic carbocycles. The third-order valence-electron chi connectivity index (χ3n) is 4.00. The van der Waals surface area contributed by atoms with Gasteiger partial charge in [0.15, 0.2) is 0 Å². The van der Waals surface area contributed by atoms with Gasteiger partial charge in [0.2, 0.25) is 0 Å². The molecule has 0 aromatic rings. The highest BCUT2D eigenvalue weighted by atomic mass is 16.5. The van der Waals surface area contributed by atoms with E-state index < -0.39 is 0 Å². The third kappa shape index (κ3) is 1.30. The van der Waals surface area contributed by atoms with Crippen molar-refractivity contribution < 1.29 is 9.53 Å². The molecular formula is C11H17NO2. The minimum atomic E-state index is 0.209. The fourth-order valence-electron chi connectivity index (χ4n) is 3.20. The molecule has 4 unspecified atom stereocenters. The van der Waals surface area contributed by atoms with E-state index in [0.717, 1.165) is 19.4 Å². The van der Waals surface area contributed by atoms with Crippen molar-refractivity contribution in [1.82, 2.24) is 5.32 Å². The number of hydrogen-bond donors (Lipinski definition) is 1. The van der Waals surface area contributed by atoms with E-state index in [1.165, 1.54) is 12.8 Å². The Balaban J connectivity index is 1.67. The number of nitrogens with one attached hydrogen (secondary N) is 1. The topological polar surface area (TPSA) is 38.3 Å². The molecule has 3 fully saturated rings. The molecule has 3 saturated heterocycles. The van der Waals surface area contributed by atoms with Crippen molar-refractivity contribution in [3.8, 4) is 0 Å². The van der Waals surface area contributed by atoms with E-state index in [-0.39, 0.29) is 5.92 Å². The van der Waals surface area contributed by atoms with Crippen LogP contribution < -0.4 is 5.32 Å². The summed E-state index contributed by atoms with van der Waals surface area (Å²) in [5.41, 5.74) is 0. The van der Waals surface area contributed by atoms with Gasteiger partial charge in [0.1, 0.15) is 5.78 Å². The summed E-state index contributed by atoms with van der Waals surface area (Å²) >= 11 is 0. The number of ether oxygens (including phenoxy) is 1. The summed E-state index contributed by atoms with van der Waals surface area (Å²) in [6.07, 6.45) is 4.51. The first-order valence-corrected chi connectivity index (χ1v) is 5.72. The lowest BCUT2D eigenvalue weighted by atomic mass is 9.81. The van der Waals surface area contributed by atoms with Gasteiger partial charge in [0, 0.05) is 30.5 Å². The number of carbonyl (C=O) groups is 1.